The van der Waals surface area contributed by atoms with Gasteiger partial charge >= 0.3 is 0 Å². The van der Waals surface area contributed by atoms with E-state index in [0.717, 1.165) is 44.8 Å². The third-order valence-corrected chi connectivity index (χ3v) is 5.90. The fraction of sp³-hybridized carbons (Fsp3) is 0.444. The molecular weight excluding hydrogens is 306 g/mol. The lowest BCUT2D eigenvalue weighted by Gasteiger charge is -2.29. The van der Waals surface area contributed by atoms with E-state index in [2.05, 4.69) is 33.5 Å². The molecule has 1 atom stereocenters. The summed E-state index contributed by atoms with van der Waals surface area (Å²) < 4.78 is 0. The molecule has 4 rings (SSSR count). The lowest BCUT2D eigenvalue weighted by molar-refractivity contribution is -0.135. The van der Waals surface area contributed by atoms with E-state index in [4.69, 9.17) is 0 Å². The monoisotopic (exact) mass is 327 g/mol. The molecule has 1 unspecified atom stereocenters. The Balaban J connectivity index is 1.41. The van der Waals surface area contributed by atoms with Crippen LogP contribution < -0.4 is 4.90 Å². The minimum absolute atomic E-state index is 0.110. The standard InChI is InChI=1S/C18H21N3OS/c1-13-2-3-17(19-10-13)20-7-4-15(12-20)18(22)21-8-5-16-14(11-21)6-9-23-16/h2-3,6,9-10,15H,4-5,7-8,11-12H2,1H3. The van der Waals surface area contributed by atoms with E-state index in [1.54, 1.807) is 0 Å². The first-order valence-electron chi connectivity index (χ1n) is 8.22. The molecule has 4 nitrogen and oxygen atoms in total. The van der Waals surface area contributed by atoms with Crippen molar-refractivity contribution in [3.63, 3.8) is 0 Å². The Kier molecular flexibility index (Phi) is 3.81. The first-order chi connectivity index (χ1) is 11.2. The van der Waals surface area contributed by atoms with Gasteiger partial charge in [0, 0.05) is 37.3 Å². The smallest absolute Gasteiger partial charge is 0.227 e. The summed E-state index contributed by atoms with van der Waals surface area (Å²) in [4.78, 5) is 23.1. The van der Waals surface area contributed by atoms with Gasteiger partial charge in [0.15, 0.2) is 0 Å². The van der Waals surface area contributed by atoms with E-state index in [-0.39, 0.29) is 5.92 Å². The highest BCUT2D eigenvalue weighted by Gasteiger charge is 2.33. The van der Waals surface area contributed by atoms with Crippen LogP contribution in [0.15, 0.2) is 29.8 Å². The van der Waals surface area contributed by atoms with Crippen molar-refractivity contribution in [2.75, 3.05) is 24.5 Å². The average Bonchev–Trinajstić information content (AvgIpc) is 3.23. The quantitative estimate of drug-likeness (QED) is 0.851. The molecule has 0 aromatic carbocycles. The van der Waals surface area contributed by atoms with Gasteiger partial charge < -0.3 is 9.80 Å². The molecule has 2 aliphatic heterocycles. The van der Waals surface area contributed by atoms with Crippen LogP contribution in [0.2, 0.25) is 0 Å². The number of amides is 1. The van der Waals surface area contributed by atoms with Gasteiger partial charge in [-0.15, -0.1) is 11.3 Å². The molecule has 2 aliphatic rings. The maximum Gasteiger partial charge on any atom is 0.227 e. The summed E-state index contributed by atoms with van der Waals surface area (Å²) in [5.74, 6) is 1.42. The number of nitrogens with zero attached hydrogens (tertiary/aromatic N) is 3. The number of aromatic nitrogens is 1. The Bertz CT molecular complexity index is 709. The molecule has 0 bridgehead atoms. The lowest BCUT2D eigenvalue weighted by atomic mass is 10.0. The van der Waals surface area contributed by atoms with Crippen molar-refractivity contribution < 1.29 is 4.79 Å². The van der Waals surface area contributed by atoms with Crippen LogP contribution in [-0.4, -0.2) is 35.4 Å². The van der Waals surface area contributed by atoms with E-state index < -0.39 is 0 Å². The van der Waals surface area contributed by atoms with Crippen molar-refractivity contribution in [3.8, 4) is 0 Å². The normalized spacial score (nSPS) is 20.7. The number of hydrogen-bond acceptors (Lipinski definition) is 4. The Morgan fingerprint density at radius 1 is 1.30 bits per heavy atom. The molecule has 120 valence electrons. The van der Waals surface area contributed by atoms with Gasteiger partial charge in [0.1, 0.15) is 5.82 Å². The number of aryl methyl sites for hydroxylation is 1. The van der Waals surface area contributed by atoms with Crippen molar-refractivity contribution in [3.05, 3.63) is 45.8 Å². The molecular formula is C18H21N3OS. The molecule has 23 heavy (non-hydrogen) atoms. The maximum absolute atomic E-state index is 12.8. The van der Waals surface area contributed by atoms with Crippen molar-refractivity contribution in [1.82, 2.24) is 9.88 Å². The Labute approximate surface area is 140 Å². The van der Waals surface area contributed by atoms with Crippen molar-refractivity contribution in [2.24, 2.45) is 5.92 Å². The van der Waals surface area contributed by atoms with E-state index >= 15 is 0 Å². The highest BCUT2D eigenvalue weighted by molar-refractivity contribution is 7.10. The summed E-state index contributed by atoms with van der Waals surface area (Å²) in [6, 6.07) is 6.30. The zero-order chi connectivity index (χ0) is 15.8. The highest BCUT2D eigenvalue weighted by Crippen LogP contribution is 2.28. The second kappa shape index (κ2) is 5.96. The molecule has 0 radical (unpaired) electrons. The molecule has 1 amide bonds. The third-order valence-electron chi connectivity index (χ3n) is 4.88. The molecule has 2 aromatic heterocycles. The summed E-state index contributed by atoms with van der Waals surface area (Å²) in [6.45, 7) is 5.41. The second-order valence-electron chi connectivity index (χ2n) is 6.50. The van der Waals surface area contributed by atoms with Gasteiger partial charge in [-0.05, 0) is 48.4 Å². The molecule has 1 fully saturated rings. The zero-order valence-corrected chi connectivity index (χ0v) is 14.2. The molecule has 5 heteroatoms. The summed E-state index contributed by atoms with van der Waals surface area (Å²) in [7, 11) is 0. The molecule has 0 spiro atoms. The number of thiophene rings is 1. The predicted molar refractivity (Wildman–Crippen MR) is 92.7 cm³/mol. The number of anilines is 1. The van der Waals surface area contributed by atoms with Crippen LogP contribution in [0.5, 0.6) is 0 Å². The minimum Gasteiger partial charge on any atom is -0.356 e. The number of carbonyl (C=O) groups is 1. The zero-order valence-electron chi connectivity index (χ0n) is 13.4. The van der Waals surface area contributed by atoms with Crippen LogP contribution in [-0.2, 0) is 17.8 Å². The van der Waals surface area contributed by atoms with Crippen LogP contribution in [0.25, 0.3) is 0 Å². The summed E-state index contributed by atoms with van der Waals surface area (Å²) in [5.41, 5.74) is 2.50. The fourth-order valence-corrected chi connectivity index (χ4v) is 4.40. The molecule has 4 heterocycles. The van der Waals surface area contributed by atoms with Gasteiger partial charge in [0.05, 0.1) is 5.92 Å². The van der Waals surface area contributed by atoms with Crippen LogP contribution >= 0.6 is 11.3 Å². The van der Waals surface area contributed by atoms with Gasteiger partial charge in [-0.1, -0.05) is 6.07 Å². The van der Waals surface area contributed by atoms with Gasteiger partial charge in [-0.2, -0.15) is 0 Å². The molecule has 0 aliphatic carbocycles. The van der Waals surface area contributed by atoms with Crippen LogP contribution in [0.1, 0.15) is 22.4 Å². The second-order valence-corrected chi connectivity index (χ2v) is 7.50. The number of pyridine rings is 1. The largest absolute Gasteiger partial charge is 0.356 e. The summed E-state index contributed by atoms with van der Waals surface area (Å²) >= 11 is 1.82. The number of carbonyl (C=O) groups excluding carboxylic acids is 1. The first-order valence-corrected chi connectivity index (χ1v) is 9.10. The van der Waals surface area contributed by atoms with Gasteiger partial charge in [-0.3, -0.25) is 4.79 Å². The molecule has 0 N–H and O–H groups in total. The van der Waals surface area contributed by atoms with Crippen molar-refractivity contribution >= 4 is 23.1 Å². The van der Waals surface area contributed by atoms with Gasteiger partial charge in [-0.25, -0.2) is 4.98 Å². The van der Waals surface area contributed by atoms with Crippen LogP contribution in [0, 0.1) is 12.8 Å². The van der Waals surface area contributed by atoms with Crippen LogP contribution in [0.3, 0.4) is 0 Å². The van der Waals surface area contributed by atoms with E-state index in [1.165, 1.54) is 16.0 Å². The van der Waals surface area contributed by atoms with Crippen molar-refractivity contribution in [2.45, 2.75) is 26.3 Å². The maximum atomic E-state index is 12.8. The Morgan fingerprint density at radius 2 is 2.22 bits per heavy atom. The third kappa shape index (κ3) is 2.85. The molecule has 0 saturated carbocycles. The Morgan fingerprint density at radius 3 is 3.04 bits per heavy atom. The first kappa shape index (κ1) is 14.7. The Hall–Kier alpha value is -1.88. The van der Waals surface area contributed by atoms with Crippen molar-refractivity contribution in [1.29, 1.82) is 0 Å². The summed E-state index contributed by atoms with van der Waals surface area (Å²) in [5, 5.41) is 2.14. The summed E-state index contributed by atoms with van der Waals surface area (Å²) in [6.07, 6.45) is 3.84. The number of hydrogen-bond donors (Lipinski definition) is 0. The SMILES string of the molecule is Cc1ccc(N2CCC(C(=O)N3CCc4sccc4C3)C2)nc1. The number of fused-ring (bicyclic) bond motifs is 1. The average molecular weight is 327 g/mol. The van der Waals surface area contributed by atoms with Crippen LogP contribution in [0.4, 0.5) is 5.82 Å². The molecule has 1 saturated heterocycles. The minimum atomic E-state index is 0.110. The predicted octanol–water partition coefficient (Wildman–Crippen LogP) is 2.86. The van der Waals surface area contributed by atoms with E-state index in [1.807, 2.05) is 29.4 Å². The van der Waals surface area contributed by atoms with E-state index in [0.29, 0.717) is 5.91 Å². The van der Waals surface area contributed by atoms with E-state index in [9.17, 15) is 4.79 Å². The van der Waals surface area contributed by atoms with Gasteiger partial charge in [0.2, 0.25) is 5.91 Å². The molecule has 2 aromatic rings. The lowest BCUT2D eigenvalue weighted by Crippen LogP contribution is -2.40. The number of rotatable bonds is 2. The topological polar surface area (TPSA) is 36.4 Å². The highest BCUT2D eigenvalue weighted by atomic mass is 32.1. The fourth-order valence-electron chi connectivity index (χ4n) is 3.51. The van der Waals surface area contributed by atoms with Gasteiger partial charge in [0.25, 0.3) is 0 Å².